The summed E-state index contributed by atoms with van der Waals surface area (Å²) in [5, 5.41) is 4.56. The first-order chi connectivity index (χ1) is 13.7. The molecule has 2 aromatic rings. The number of amides is 2. The lowest BCUT2D eigenvalue weighted by Gasteiger charge is -2.32. The Morgan fingerprint density at radius 3 is 2.79 bits per heavy atom. The lowest BCUT2D eigenvalue weighted by Crippen LogP contribution is -2.40. The van der Waals surface area contributed by atoms with Crippen LogP contribution in [0.1, 0.15) is 29.2 Å². The van der Waals surface area contributed by atoms with Gasteiger partial charge in [0.05, 0.1) is 17.9 Å². The standard InChI is InChI=1S/C19H23N5O4S/c1-3-17(25)23-9-5-8-15(11-23)24-12-16(19(20)26)18(21-24)13-6-4-7-14(10-13)22-29(2,27)28/h3-4,6-7,10,12,15,22H,1,5,8-9,11H2,2H3,(H2,20,26)/t15-/m1/s1. The van der Waals surface area contributed by atoms with Crippen molar-refractivity contribution >= 4 is 27.5 Å². The van der Waals surface area contributed by atoms with Crippen molar-refractivity contribution in [1.29, 1.82) is 0 Å². The maximum absolute atomic E-state index is 12.0. The average molecular weight is 417 g/mol. The molecule has 3 N–H and O–H groups in total. The van der Waals surface area contributed by atoms with Gasteiger partial charge in [-0.2, -0.15) is 5.10 Å². The Morgan fingerprint density at radius 2 is 2.14 bits per heavy atom. The molecule has 2 amide bonds. The number of hydrogen-bond donors (Lipinski definition) is 2. The Balaban J connectivity index is 1.96. The Morgan fingerprint density at radius 1 is 1.38 bits per heavy atom. The molecular formula is C19H23N5O4S. The molecule has 3 rings (SSSR count). The molecule has 0 spiro atoms. The number of anilines is 1. The minimum Gasteiger partial charge on any atom is -0.365 e. The van der Waals surface area contributed by atoms with Crippen molar-refractivity contribution in [2.75, 3.05) is 24.1 Å². The summed E-state index contributed by atoms with van der Waals surface area (Å²) in [6, 6.07) is 6.48. The number of primary amides is 1. The van der Waals surface area contributed by atoms with Gasteiger partial charge < -0.3 is 10.6 Å². The second-order valence-corrected chi connectivity index (χ2v) is 8.72. The number of likely N-dealkylation sites (tertiary alicyclic amines) is 1. The van der Waals surface area contributed by atoms with Crippen LogP contribution >= 0.6 is 0 Å². The number of carbonyl (C=O) groups excluding carboxylic acids is 2. The van der Waals surface area contributed by atoms with E-state index in [1.807, 2.05) is 0 Å². The Hall–Kier alpha value is -3.14. The van der Waals surface area contributed by atoms with E-state index in [1.165, 1.54) is 6.08 Å². The average Bonchev–Trinajstić information content (AvgIpc) is 3.12. The minimum atomic E-state index is -3.44. The second kappa shape index (κ2) is 8.08. The maximum atomic E-state index is 12.0. The molecule has 0 unspecified atom stereocenters. The summed E-state index contributed by atoms with van der Waals surface area (Å²) in [5.41, 5.74) is 7.06. The summed E-state index contributed by atoms with van der Waals surface area (Å²) in [6.07, 6.45) is 5.53. The van der Waals surface area contributed by atoms with Crippen LogP contribution in [0.3, 0.4) is 0 Å². The fourth-order valence-corrected chi connectivity index (χ4v) is 3.97. The molecule has 2 heterocycles. The van der Waals surface area contributed by atoms with Crippen molar-refractivity contribution in [3.8, 4) is 11.3 Å². The number of aromatic nitrogens is 2. The normalized spacial score (nSPS) is 17.0. The third kappa shape index (κ3) is 4.83. The van der Waals surface area contributed by atoms with Gasteiger partial charge in [0, 0.05) is 30.5 Å². The van der Waals surface area contributed by atoms with Crippen LogP contribution in [0.15, 0.2) is 43.1 Å². The van der Waals surface area contributed by atoms with Gasteiger partial charge in [0.1, 0.15) is 5.69 Å². The molecule has 1 aromatic carbocycles. The van der Waals surface area contributed by atoms with Crippen LogP contribution in [-0.2, 0) is 14.8 Å². The predicted molar refractivity (Wildman–Crippen MR) is 110 cm³/mol. The zero-order valence-corrected chi connectivity index (χ0v) is 16.9. The molecule has 1 aliphatic heterocycles. The molecule has 1 aliphatic rings. The number of hydrogen-bond acceptors (Lipinski definition) is 5. The van der Waals surface area contributed by atoms with E-state index in [1.54, 1.807) is 40.0 Å². The Bertz CT molecular complexity index is 1060. The van der Waals surface area contributed by atoms with Crippen LogP contribution in [0.2, 0.25) is 0 Å². The molecule has 154 valence electrons. The van der Waals surface area contributed by atoms with Crippen LogP contribution in [-0.4, -0.2) is 54.3 Å². The first kappa shape index (κ1) is 20.6. The smallest absolute Gasteiger partial charge is 0.252 e. The van der Waals surface area contributed by atoms with Crippen LogP contribution < -0.4 is 10.5 Å². The highest BCUT2D eigenvalue weighted by molar-refractivity contribution is 7.92. The van der Waals surface area contributed by atoms with Gasteiger partial charge in [0.25, 0.3) is 5.91 Å². The zero-order chi connectivity index (χ0) is 21.2. The maximum Gasteiger partial charge on any atom is 0.252 e. The summed E-state index contributed by atoms with van der Waals surface area (Å²) < 4.78 is 27.1. The number of nitrogens with one attached hydrogen (secondary N) is 1. The molecular weight excluding hydrogens is 394 g/mol. The molecule has 29 heavy (non-hydrogen) atoms. The number of nitrogens with two attached hydrogens (primary N) is 1. The van der Waals surface area contributed by atoms with Crippen molar-refractivity contribution < 1.29 is 18.0 Å². The SMILES string of the molecule is C=CC(=O)N1CCC[C@@H](n2cc(C(N)=O)c(-c3cccc(NS(C)(=O)=O)c3)n2)C1. The van der Waals surface area contributed by atoms with E-state index in [4.69, 9.17) is 5.73 Å². The fourth-order valence-electron chi connectivity index (χ4n) is 3.42. The number of rotatable bonds is 6. The second-order valence-electron chi connectivity index (χ2n) is 6.98. The summed E-state index contributed by atoms with van der Waals surface area (Å²) >= 11 is 0. The largest absolute Gasteiger partial charge is 0.365 e. The van der Waals surface area contributed by atoms with Gasteiger partial charge in [-0.25, -0.2) is 8.42 Å². The van der Waals surface area contributed by atoms with E-state index >= 15 is 0 Å². The highest BCUT2D eigenvalue weighted by Crippen LogP contribution is 2.28. The first-order valence-corrected chi connectivity index (χ1v) is 11.0. The zero-order valence-electron chi connectivity index (χ0n) is 16.0. The number of nitrogens with zero attached hydrogens (tertiary/aromatic N) is 3. The van der Waals surface area contributed by atoms with Gasteiger partial charge in [0.15, 0.2) is 0 Å². The van der Waals surface area contributed by atoms with Crippen LogP contribution in [0.5, 0.6) is 0 Å². The van der Waals surface area contributed by atoms with E-state index in [2.05, 4.69) is 16.4 Å². The summed E-state index contributed by atoms with van der Waals surface area (Å²) in [7, 11) is -3.44. The molecule has 1 saturated heterocycles. The molecule has 0 aliphatic carbocycles. The summed E-state index contributed by atoms with van der Waals surface area (Å²) in [6.45, 7) is 4.63. The quantitative estimate of drug-likeness (QED) is 0.686. The number of sulfonamides is 1. The lowest BCUT2D eigenvalue weighted by atomic mass is 10.1. The Labute approximate surface area is 169 Å². The molecule has 10 heteroatoms. The van der Waals surface area contributed by atoms with Gasteiger partial charge >= 0.3 is 0 Å². The van der Waals surface area contributed by atoms with Crippen LogP contribution in [0.25, 0.3) is 11.3 Å². The molecule has 1 atom stereocenters. The highest BCUT2D eigenvalue weighted by atomic mass is 32.2. The third-order valence-electron chi connectivity index (χ3n) is 4.69. The fraction of sp³-hybridized carbons (Fsp3) is 0.316. The van der Waals surface area contributed by atoms with E-state index < -0.39 is 15.9 Å². The van der Waals surface area contributed by atoms with E-state index in [0.717, 1.165) is 19.1 Å². The topological polar surface area (TPSA) is 127 Å². The highest BCUT2D eigenvalue weighted by Gasteiger charge is 2.26. The van der Waals surface area contributed by atoms with Crippen LogP contribution in [0.4, 0.5) is 5.69 Å². The van der Waals surface area contributed by atoms with Gasteiger partial charge in [0.2, 0.25) is 15.9 Å². The number of benzene rings is 1. The minimum absolute atomic E-state index is 0.100. The van der Waals surface area contributed by atoms with Crippen LogP contribution in [0, 0.1) is 0 Å². The van der Waals surface area contributed by atoms with Gasteiger partial charge in [-0.1, -0.05) is 18.7 Å². The summed E-state index contributed by atoms with van der Waals surface area (Å²) in [5.74, 6) is -0.778. The predicted octanol–water partition coefficient (Wildman–Crippen LogP) is 1.37. The molecule has 1 aromatic heterocycles. The van der Waals surface area contributed by atoms with E-state index in [-0.39, 0.29) is 17.5 Å². The van der Waals surface area contributed by atoms with Crippen molar-refractivity contribution in [3.63, 3.8) is 0 Å². The van der Waals surface area contributed by atoms with Gasteiger partial charge in [-0.15, -0.1) is 0 Å². The monoisotopic (exact) mass is 417 g/mol. The molecule has 0 saturated carbocycles. The number of piperidine rings is 1. The molecule has 1 fully saturated rings. The lowest BCUT2D eigenvalue weighted by molar-refractivity contribution is -0.127. The molecule has 9 nitrogen and oxygen atoms in total. The summed E-state index contributed by atoms with van der Waals surface area (Å²) in [4.78, 5) is 25.6. The van der Waals surface area contributed by atoms with Crippen molar-refractivity contribution in [3.05, 3.63) is 48.7 Å². The third-order valence-corrected chi connectivity index (χ3v) is 5.30. The van der Waals surface area contributed by atoms with Crippen molar-refractivity contribution in [1.82, 2.24) is 14.7 Å². The van der Waals surface area contributed by atoms with Gasteiger partial charge in [-0.3, -0.25) is 19.0 Å². The van der Waals surface area contributed by atoms with Crippen molar-refractivity contribution in [2.24, 2.45) is 5.73 Å². The van der Waals surface area contributed by atoms with E-state index in [0.29, 0.717) is 30.0 Å². The van der Waals surface area contributed by atoms with E-state index in [9.17, 15) is 18.0 Å². The van der Waals surface area contributed by atoms with Gasteiger partial charge in [-0.05, 0) is 31.1 Å². The molecule has 0 bridgehead atoms. The van der Waals surface area contributed by atoms with Crippen molar-refractivity contribution in [2.45, 2.75) is 18.9 Å². The first-order valence-electron chi connectivity index (χ1n) is 9.06. The molecule has 0 radical (unpaired) electrons. The Kier molecular flexibility index (Phi) is 5.73. The number of carbonyl (C=O) groups is 2.